The van der Waals surface area contributed by atoms with Crippen LogP contribution in [0.3, 0.4) is 0 Å². The highest BCUT2D eigenvalue weighted by molar-refractivity contribution is 5.79. The summed E-state index contributed by atoms with van der Waals surface area (Å²) < 4.78 is 35.4. The van der Waals surface area contributed by atoms with Gasteiger partial charge in [0.05, 0.1) is 5.41 Å². The molecule has 0 amide bonds. The third-order valence-electron chi connectivity index (χ3n) is 3.02. The lowest BCUT2D eigenvalue weighted by atomic mass is 10.1. The molecule has 1 N–H and O–H groups in total. The molecular weight excluding hydrogens is 197 g/mol. The molecule has 0 aromatic heterocycles. The van der Waals surface area contributed by atoms with Gasteiger partial charge in [-0.3, -0.25) is 4.79 Å². The van der Waals surface area contributed by atoms with E-state index in [0.29, 0.717) is 0 Å². The van der Waals surface area contributed by atoms with E-state index in [1.54, 1.807) is 6.92 Å². The average molecular weight is 208 g/mol. The van der Waals surface area contributed by atoms with Gasteiger partial charge in [0, 0.05) is 6.08 Å². The minimum atomic E-state index is -4.36. The molecule has 0 aromatic carbocycles. The predicted molar refractivity (Wildman–Crippen MR) is 43.6 cm³/mol. The number of hydrogen-bond donors (Lipinski definition) is 1. The number of rotatable bonds is 2. The van der Waals surface area contributed by atoms with Crippen LogP contribution in [0.2, 0.25) is 0 Å². The van der Waals surface area contributed by atoms with Gasteiger partial charge in [0.25, 0.3) is 0 Å². The molecule has 0 saturated heterocycles. The Morgan fingerprint density at radius 1 is 1.50 bits per heavy atom. The fraction of sp³-hybridized carbons (Fsp3) is 0.667. The van der Waals surface area contributed by atoms with E-state index in [-0.39, 0.29) is 12.0 Å². The number of halogens is 3. The van der Waals surface area contributed by atoms with E-state index >= 15 is 0 Å². The van der Waals surface area contributed by atoms with Gasteiger partial charge in [-0.1, -0.05) is 13.0 Å². The zero-order valence-corrected chi connectivity index (χ0v) is 7.80. The normalized spacial score (nSPS) is 37.5. The second kappa shape index (κ2) is 3.00. The second-order valence-corrected chi connectivity index (χ2v) is 3.80. The standard InChI is InChI=1S/C9H11F3O2/c1-5-6(3-4-9(10,11)12)8(5,2)7(13)14/h3-6H,1-2H3,(H,13,14). The van der Waals surface area contributed by atoms with Crippen LogP contribution in [-0.4, -0.2) is 17.3 Å². The molecule has 0 aliphatic heterocycles. The van der Waals surface area contributed by atoms with Gasteiger partial charge in [-0.15, -0.1) is 0 Å². The van der Waals surface area contributed by atoms with Gasteiger partial charge in [0.15, 0.2) is 0 Å². The van der Waals surface area contributed by atoms with Crippen LogP contribution >= 0.6 is 0 Å². The van der Waals surface area contributed by atoms with Crippen LogP contribution in [0.5, 0.6) is 0 Å². The van der Waals surface area contributed by atoms with Crippen molar-refractivity contribution < 1.29 is 23.1 Å². The first-order valence-electron chi connectivity index (χ1n) is 4.19. The molecular formula is C9H11F3O2. The Morgan fingerprint density at radius 3 is 2.29 bits per heavy atom. The van der Waals surface area contributed by atoms with Crippen molar-refractivity contribution in [2.75, 3.05) is 0 Å². The zero-order chi connectivity index (χ0) is 11.1. The fourth-order valence-electron chi connectivity index (χ4n) is 1.68. The molecule has 0 aromatic rings. The number of hydrogen-bond acceptors (Lipinski definition) is 1. The third kappa shape index (κ3) is 1.76. The molecule has 80 valence electrons. The highest BCUT2D eigenvalue weighted by Crippen LogP contribution is 2.59. The summed E-state index contributed by atoms with van der Waals surface area (Å²) in [6.07, 6.45) is -3.30. The molecule has 1 saturated carbocycles. The summed E-state index contributed by atoms with van der Waals surface area (Å²) in [5, 5.41) is 8.77. The van der Waals surface area contributed by atoms with E-state index < -0.39 is 23.5 Å². The van der Waals surface area contributed by atoms with Crippen LogP contribution in [0, 0.1) is 17.3 Å². The number of carboxylic acid groups (broad SMARTS) is 1. The lowest BCUT2D eigenvalue weighted by Crippen LogP contribution is -2.14. The number of alkyl halides is 3. The van der Waals surface area contributed by atoms with Gasteiger partial charge in [0.2, 0.25) is 0 Å². The molecule has 5 heteroatoms. The maximum absolute atomic E-state index is 11.8. The van der Waals surface area contributed by atoms with Crippen LogP contribution in [0.15, 0.2) is 12.2 Å². The first-order valence-corrected chi connectivity index (χ1v) is 4.19. The minimum Gasteiger partial charge on any atom is -0.481 e. The van der Waals surface area contributed by atoms with E-state index in [2.05, 4.69) is 0 Å². The van der Waals surface area contributed by atoms with E-state index in [0.717, 1.165) is 6.08 Å². The molecule has 1 fully saturated rings. The van der Waals surface area contributed by atoms with Crippen molar-refractivity contribution in [1.82, 2.24) is 0 Å². The van der Waals surface area contributed by atoms with Crippen LogP contribution in [0.25, 0.3) is 0 Å². The fourth-order valence-corrected chi connectivity index (χ4v) is 1.68. The Kier molecular flexibility index (Phi) is 2.37. The average Bonchev–Trinajstić information content (AvgIpc) is 2.51. The van der Waals surface area contributed by atoms with Crippen LogP contribution < -0.4 is 0 Å². The Labute approximate surface area is 79.4 Å². The van der Waals surface area contributed by atoms with Gasteiger partial charge >= 0.3 is 12.1 Å². The Morgan fingerprint density at radius 2 is 2.00 bits per heavy atom. The Hall–Kier alpha value is -1.00. The molecule has 0 bridgehead atoms. The number of allylic oxidation sites excluding steroid dienone is 2. The van der Waals surface area contributed by atoms with Gasteiger partial charge in [-0.2, -0.15) is 13.2 Å². The van der Waals surface area contributed by atoms with Crippen molar-refractivity contribution >= 4 is 5.97 Å². The maximum Gasteiger partial charge on any atom is 0.409 e. The van der Waals surface area contributed by atoms with Gasteiger partial charge in [0.1, 0.15) is 0 Å². The Bertz CT molecular complexity index is 282. The molecule has 0 radical (unpaired) electrons. The van der Waals surface area contributed by atoms with Crippen LogP contribution in [0.4, 0.5) is 13.2 Å². The molecule has 1 aliphatic rings. The molecule has 2 nitrogen and oxygen atoms in total. The first kappa shape index (κ1) is 11.1. The second-order valence-electron chi connectivity index (χ2n) is 3.80. The number of aliphatic carboxylic acids is 1. The molecule has 3 unspecified atom stereocenters. The zero-order valence-electron chi connectivity index (χ0n) is 7.80. The van der Waals surface area contributed by atoms with E-state index in [1.807, 2.05) is 0 Å². The summed E-state index contributed by atoms with van der Waals surface area (Å²) in [5.41, 5.74) is -1.03. The topological polar surface area (TPSA) is 37.3 Å². The molecule has 3 atom stereocenters. The summed E-state index contributed by atoms with van der Waals surface area (Å²) in [5.74, 6) is -1.79. The predicted octanol–water partition coefficient (Wildman–Crippen LogP) is 2.46. The van der Waals surface area contributed by atoms with Crippen molar-refractivity contribution in [3.05, 3.63) is 12.2 Å². The van der Waals surface area contributed by atoms with Gasteiger partial charge < -0.3 is 5.11 Å². The lowest BCUT2D eigenvalue weighted by molar-refractivity contribution is -0.143. The van der Waals surface area contributed by atoms with Crippen molar-refractivity contribution in [1.29, 1.82) is 0 Å². The molecule has 1 aliphatic carbocycles. The van der Waals surface area contributed by atoms with Gasteiger partial charge in [-0.25, -0.2) is 0 Å². The first-order chi connectivity index (χ1) is 6.19. The van der Waals surface area contributed by atoms with E-state index in [9.17, 15) is 18.0 Å². The maximum atomic E-state index is 11.8. The minimum absolute atomic E-state index is 0.113. The lowest BCUT2D eigenvalue weighted by Gasteiger charge is -2.01. The summed E-state index contributed by atoms with van der Waals surface area (Å²) in [6, 6.07) is 0. The highest BCUT2D eigenvalue weighted by Gasteiger charge is 2.62. The summed E-state index contributed by atoms with van der Waals surface area (Å²) in [6.45, 7) is 3.10. The quantitative estimate of drug-likeness (QED) is 0.708. The largest absolute Gasteiger partial charge is 0.481 e. The summed E-state index contributed by atoms with van der Waals surface area (Å²) >= 11 is 0. The van der Waals surface area contributed by atoms with Crippen molar-refractivity contribution in [2.24, 2.45) is 17.3 Å². The number of carboxylic acids is 1. The molecule has 0 heterocycles. The van der Waals surface area contributed by atoms with Crippen molar-refractivity contribution in [2.45, 2.75) is 20.0 Å². The SMILES string of the molecule is CC1C(C=CC(F)(F)F)C1(C)C(=O)O. The number of carbonyl (C=O) groups is 1. The smallest absolute Gasteiger partial charge is 0.409 e. The van der Waals surface area contributed by atoms with E-state index in [4.69, 9.17) is 5.11 Å². The van der Waals surface area contributed by atoms with Crippen molar-refractivity contribution in [3.63, 3.8) is 0 Å². The summed E-state index contributed by atoms with van der Waals surface area (Å²) in [7, 11) is 0. The van der Waals surface area contributed by atoms with Crippen LogP contribution in [-0.2, 0) is 4.79 Å². The highest BCUT2D eigenvalue weighted by atomic mass is 19.4. The third-order valence-corrected chi connectivity index (χ3v) is 3.02. The van der Waals surface area contributed by atoms with Crippen molar-refractivity contribution in [3.8, 4) is 0 Å². The molecule has 14 heavy (non-hydrogen) atoms. The van der Waals surface area contributed by atoms with E-state index in [1.165, 1.54) is 6.92 Å². The Balaban J connectivity index is 2.68. The van der Waals surface area contributed by atoms with Gasteiger partial charge in [-0.05, 0) is 18.8 Å². The monoisotopic (exact) mass is 208 g/mol. The molecule has 0 spiro atoms. The van der Waals surface area contributed by atoms with Crippen LogP contribution in [0.1, 0.15) is 13.8 Å². The summed E-state index contributed by atoms with van der Waals surface area (Å²) in [4.78, 5) is 10.7. The molecule has 1 rings (SSSR count).